The maximum atomic E-state index is 12.4. The van der Waals surface area contributed by atoms with Gasteiger partial charge in [0.15, 0.2) is 9.84 Å². The Morgan fingerprint density at radius 2 is 2.13 bits per heavy atom. The number of allylic oxidation sites excluding steroid dienone is 1. The van der Waals surface area contributed by atoms with Crippen LogP contribution in [0.2, 0.25) is 0 Å². The first-order valence-corrected chi connectivity index (χ1v) is 10.5. The summed E-state index contributed by atoms with van der Waals surface area (Å²) in [5.74, 6) is 0.00423. The fourth-order valence-electron chi connectivity index (χ4n) is 3.12. The van der Waals surface area contributed by atoms with Crippen molar-refractivity contribution >= 4 is 27.1 Å². The lowest BCUT2D eigenvalue weighted by molar-refractivity contribution is -0.131. The molecule has 1 fully saturated rings. The SMILES string of the molecule is O=C(C[C@@H]1C=CS(=O)(=O)C1)N1CCCN(Cc2cccs2)CC1. The lowest BCUT2D eigenvalue weighted by Crippen LogP contribution is -2.36. The van der Waals surface area contributed by atoms with Crippen molar-refractivity contribution in [3.63, 3.8) is 0 Å². The number of thiophene rings is 1. The molecule has 1 amide bonds. The number of carbonyl (C=O) groups is 1. The van der Waals surface area contributed by atoms with Crippen molar-refractivity contribution in [3.8, 4) is 0 Å². The molecule has 0 aliphatic carbocycles. The van der Waals surface area contributed by atoms with Crippen LogP contribution >= 0.6 is 11.3 Å². The summed E-state index contributed by atoms with van der Waals surface area (Å²) in [4.78, 5) is 18.1. The molecule has 1 atom stereocenters. The van der Waals surface area contributed by atoms with Crippen LogP contribution in [0.1, 0.15) is 17.7 Å². The molecule has 0 unspecified atom stereocenters. The summed E-state index contributed by atoms with van der Waals surface area (Å²) in [6.45, 7) is 4.32. The van der Waals surface area contributed by atoms with Crippen LogP contribution < -0.4 is 0 Å². The predicted molar refractivity (Wildman–Crippen MR) is 91.8 cm³/mol. The lowest BCUT2D eigenvalue weighted by Gasteiger charge is -2.22. The van der Waals surface area contributed by atoms with Gasteiger partial charge in [-0.25, -0.2) is 8.42 Å². The number of hydrogen-bond acceptors (Lipinski definition) is 5. The van der Waals surface area contributed by atoms with Crippen molar-refractivity contribution in [2.45, 2.75) is 19.4 Å². The van der Waals surface area contributed by atoms with Gasteiger partial charge in [-0.05, 0) is 17.9 Å². The number of amides is 1. The summed E-state index contributed by atoms with van der Waals surface area (Å²) in [6, 6.07) is 4.21. The van der Waals surface area contributed by atoms with Crippen molar-refractivity contribution < 1.29 is 13.2 Å². The Bertz CT molecular complexity index is 668. The van der Waals surface area contributed by atoms with E-state index in [-0.39, 0.29) is 17.6 Å². The van der Waals surface area contributed by atoms with Gasteiger partial charge >= 0.3 is 0 Å². The molecule has 0 N–H and O–H groups in total. The Morgan fingerprint density at radius 1 is 1.26 bits per heavy atom. The van der Waals surface area contributed by atoms with Crippen LogP contribution in [0, 0.1) is 5.92 Å². The molecular formula is C16H22N2O3S2. The Balaban J connectivity index is 1.49. The minimum Gasteiger partial charge on any atom is -0.341 e. The van der Waals surface area contributed by atoms with Crippen molar-refractivity contribution in [1.29, 1.82) is 0 Å². The largest absolute Gasteiger partial charge is 0.341 e. The van der Waals surface area contributed by atoms with Crippen LogP contribution in [-0.4, -0.2) is 56.1 Å². The normalized spacial score (nSPS) is 24.7. The smallest absolute Gasteiger partial charge is 0.223 e. The van der Waals surface area contributed by atoms with Gasteiger partial charge in [0.2, 0.25) is 5.91 Å². The molecule has 1 saturated heterocycles. The third-order valence-corrected chi connectivity index (χ3v) is 6.67. The van der Waals surface area contributed by atoms with Gasteiger partial charge in [0.05, 0.1) is 5.75 Å². The Kier molecular flexibility index (Phi) is 5.18. The molecule has 7 heteroatoms. The predicted octanol–water partition coefficient (Wildman–Crippen LogP) is 1.73. The fraction of sp³-hybridized carbons (Fsp3) is 0.562. The van der Waals surface area contributed by atoms with Crippen molar-refractivity contribution in [2.75, 3.05) is 31.9 Å². The van der Waals surface area contributed by atoms with Gasteiger partial charge in [0.1, 0.15) is 0 Å². The first kappa shape index (κ1) is 16.7. The maximum Gasteiger partial charge on any atom is 0.223 e. The molecule has 5 nitrogen and oxygen atoms in total. The van der Waals surface area contributed by atoms with E-state index in [0.717, 1.165) is 39.1 Å². The summed E-state index contributed by atoms with van der Waals surface area (Å²) in [5.41, 5.74) is 0. The molecule has 0 aromatic carbocycles. The van der Waals surface area contributed by atoms with Gasteiger partial charge in [-0.3, -0.25) is 9.69 Å². The molecular weight excluding hydrogens is 332 g/mol. The Labute approximate surface area is 141 Å². The molecule has 1 aromatic rings. The van der Waals surface area contributed by atoms with Gasteiger partial charge in [-0.15, -0.1) is 11.3 Å². The highest BCUT2D eigenvalue weighted by atomic mass is 32.2. The van der Waals surface area contributed by atoms with E-state index < -0.39 is 9.84 Å². The standard InChI is InChI=1S/C16H22N2O3S2/c19-16(11-14-4-10-23(20,21)13-14)18-6-2-5-17(7-8-18)12-15-3-1-9-22-15/h1,3-4,9-10,14H,2,5-8,11-13H2/t14-/m0/s1. The van der Waals surface area contributed by atoms with Gasteiger partial charge in [-0.2, -0.15) is 0 Å². The highest BCUT2D eigenvalue weighted by molar-refractivity contribution is 7.94. The van der Waals surface area contributed by atoms with Crippen LogP contribution in [-0.2, 0) is 21.2 Å². The van der Waals surface area contributed by atoms with E-state index in [1.807, 2.05) is 4.90 Å². The average molecular weight is 354 g/mol. The van der Waals surface area contributed by atoms with Crippen molar-refractivity contribution in [2.24, 2.45) is 5.92 Å². The third-order valence-electron chi connectivity index (χ3n) is 4.34. The average Bonchev–Trinajstić information content (AvgIpc) is 3.04. The van der Waals surface area contributed by atoms with E-state index in [1.165, 1.54) is 10.3 Å². The monoisotopic (exact) mass is 354 g/mol. The quantitative estimate of drug-likeness (QED) is 0.826. The lowest BCUT2D eigenvalue weighted by atomic mass is 10.1. The van der Waals surface area contributed by atoms with Gasteiger partial charge < -0.3 is 4.90 Å². The third kappa shape index (κ3) is 4.65. The van der Waals surface area contributed by atoms with Crippen LogP contribution in [0.15, 0.2) is 29.0 Å². The van der Waals surface area contributed by atoms with Crippen LogP contribution in [0.25, 0.3) is 0 Å². The minimum atomic E-state index is -3.08. The molecule has 2 aliphatic heterocycles. The zero-order valence-corrected chi connectivity index (χ0v) is 14.7. The van der Waals surface area contributed by atoms with Gasteiger partial charge in [0, 0.05) is 55.3 Å². The molecule has 3 heterocycles. The van der Waals surface area contributed by atoms with E-state index in [4.69, 9.17) is 0 Å². The van der Waals surface area contributed by atoms with E-state index in [2.05, 4.69) is 22.4 Å². The van der Waals surface area contributed by atoms with E-state index >= 15 is 0 Å². The van der Waals surface area contributed by atoms with Crippen molar-refractivity contribution in [1.82, 2.24) is 9.80 Å². The summed E-state index contributed by atoms with van der Waals surface area (Å²) >= 11 is 1.76. The van der Waals surface area contributed by atoms with Gasteiger partial charge in [-0.1, -0.05) is 12.1 Å². The molecule has 23 heavy (non-hydrogen) atoms. The van der Waals surface area contributed by atoms with E-state index in [9.17, 15) is 13.2 Å². The van der Waals surface area contributed by atoms with E-state index in [1.54, 1.807) is 17.4 Å². The first-order chi connectivity index (χ1) is 11.0. The number of carbonyl (C=O) groups excluding carboxylic acids is 1. The molecule has 0 spiro atoms. The molecule has 3 rings (SSSR count). The van der Waals surface area contributed by atoms with Crippen LogP contribution in [0.3, 0.4) is 0 Å². The number of sulfone groups is 1. The molecule has 126 valence electrons. The van der Waals surface area contributed by atoms with Crippen molar-refractivity contribution in [3.05, 3.63) is 33.9 Å². The topological polar surface area (TPSA) is 57.7 Å². The number of rotatable bonds is 4. The highest BCUT2D eigenvalue weighted by Crippen LogP contribution is 2.20. The second-order valence-electron chi connectivity index (χ2n) is 6.21. The Morgan fingerprint density at radius 3 is 2.83 bits per heavy atom. The second kappa shape index (κ2) is 7.15. The summed E-state index contributed by atoms with van der Waals surface area (Å²) in [5, 5.41) is 3.34. The fourth-order valence-corrected chi connectivity index (χ4v) is 5.27. The zero-order valence-electron chi connectivity index (χ0n) is 13.1. The molecule has 1 aromatic heterocycles. The zero-order chi connectivity index (χ0) is 16.3. The van der Waals surface area contributed by atoms with Crippen LogP contribution in [0.5, 0.6) is 0 Å². The number of nitrogens with zero attached hydrogens (tertiary/aromatic N) is 2. The maximum absolute atomic E-state index is 12.4. The molecule has 0 bridgehead atoms. The summed E-state index contributed by atoms with van der Waals surface area (Å²) in [7, 11) is -3.08. The Hall–Kier alpha value is -1.18. The van der Waals surface area contributed by atoms with Gasteiger partial charge in [0.25, 0.3) is 0 Å². The molecule has 0 radical (unpaired) electrons. The van der Waals surface area contributed by atoms with E-state index in [0.29, 0.717) is 6.42 Å². The summed E-state index contributed by atoms with van der Waals surface area (Å²) in [6.07, 6.45) is 2.94. The first-order valence-electron chi connectivity index (χ1n) is 7.95. The van der Waals surface area contributed by atoms with Crippen LogP contribution in [0.4, 0.5) is 0 Å². The molecule has 2 aliphatic rings. The molecule has 0 saturated carbocycles. The summed E-state index contributed by atoms with van der Waals surface area (Å²) < 4.78 is 22.9. The second-order valence-corrected chi connectivity index (χ2v) is 9.18. The number of hydrogen-bond donors (Lipinski definition) is 0. The highest BCUT2D eigenvalue weighted by Gasteiger charge is 2.27. The minimum absolute atomic E-state index is 0.0784.